The van der Waals surface area contributed by atoms with E-state index in [1.54, 1.807) is 4.68 Å². The van der Waals surface area contributed by atoms with Gasteiger partial charge in [-0.1, -0.05) is 20.8 Å². The minimum Gasteiger partial charge on any atom is -0.373 e. The van der Waals surface area contributed by atoms with Crippen LogP contribution in [0, 0.1) is 6.92 Å². The van der Waals surface area contributed by atoms with E-state index in [1.807, 2.05) is 33.4 Å². The highest BCUT2D eigenvalue weighted by Gasteiger charge is 2.21. The van der Waals surface area contributed by atoms with E-state index in [4.69, 9.17) is 4.98 Å². The van der Waals surface area contributed by atoms with Crippen molar-refractivity contribution < 1.29 is 0 Å². The molecule has 0 spiro atoms. The lowest BCUT2D eigenvalue weighted by atomic mass is 9.95. The average molecular weight is 259 g/mol. The Balaban J connectivity index is 2.65. The van der Waals surface area contributed by atoms with Crippen LogP contribution in [0.4, 0.5) is 5.82 Å². The minimum atomic E-state index is -0.0870. The molecule has 2 rings (SSSR count). The topological polar surface area (TPSA) is 55.6 Å². The minimum absolute atomic E-state index is 0.0870. The fraction of sp³-hybridized carbons (Fsp3) is 0.500. The van der Waals surface area contributed by atoms with Gasteiger partial charge in [-0.25, -0.2) is 9.97 Å². The molecule has 0 unspecified atom stereocenters. The van der Waals surface area contributed by atoms with Crippen molar-refractivity contribution in [1.82, 2.24) is 19.7 Å². The number of aryl methyl sites for hydroxylation is 1. The van der Waals surface area contributed by atoms with E-state index in [2.05, 4.69) is 36.2 Å². The summed E-state index contributed by atoms with van der Waals surface area (Å²) in [5, 5.41) is 7.36. The molecule has 5 heteroatoms. The van der Waals surface area contributed by atoms with Crippen molar-refractivity contribution >= 4 is 5.82 Å². The molecule has 5 nitrogen and oxygen atoms in total. The molecule has 0 saturated carbocycles. The molecule has 0 atom stereocenters. The van der Waals surface area contributed by atoms with Crippen LogP contribution >= 0.6 is 0 Å². The van der Waals surface area contributed by atoms with Gasteiger partial charge in [0.25, 0.3) is 0 Å². The van der Waals surface area contributed by atoms with E-state index in [-0.39, 0.29) is 5.41 Å². The lowest BCUT2D eigenvalue weighted by Gasteiger charge is -2.20. The molecule has 102 valence electrons. The Kier molecular flexibility index (Phi) is 3.30. The third-order valence-electron chi connectivity index (χ3n) is 3.03. The SMILES string of the molecule is CNc1nc(C(C)(C)C)nc(-c2cnn(C)c2)c1C. The number of hydrogen-bond donors (Lipinski definition) is 1. The van der Waals surface area contributed by atoms with Crippen LogP contribution in [-0.2, 0) is 12.5 Å². The van der Waals surface area contributed by atoms with Crippen LogP contribution < -0.4 is 5.32 Å². The predicted molar refractivity (Wildman–Crippen MR) is 77.2 cm³/mol. The molecule has 2 heterocycles. The van der Waals surface area contributed by atoms with Crippen molar-refractivity contribution in [2.24, 2.45) is 7.05 Å². The summed E-state index contributed by atoms with van der Waals surface area (Å²) in [7, 11) is 3.79. The van der Waals surface area contributed by atoms with Crippen molar-refractivity contribution in [3.05, 3.63) is 23.8 Å². The van der Waals surface area contributed by atoms with Gasteiger partial charge in [0.05, 0.1) is 11.9 Å². The summed E-state index contributed by atoms with van der Waals surface area (Å²) in [5.74, 6) is 1.71. The molecule has 0 aliphatic rings. The zero-order chi connectivity index (χ0) is 14.2. The molecular weight excluding hydrogens is 238 g/mol. The smallest absolute Gasteiger partial charge is 0.136 e. The monoisotopic (exact) mass is 259 g/mol. The second kappa shape index (κ2) is 4.64. The standard InChI is InChI=1S/C14H21N5/c1-9-11(10-7-16-19(6)8-10)17-13(14(2,3)4)18-12(9)15-5/h7-8H,1-6H3,(H,15,17,18). The zero-order valence-electron chi connectivity index (χ0n) is 12.4. The normalized spacial score (nSPS) is 11.7. The molecule has 0 radical (unpaired) electrons. The maximum absolute atomic E-state index is 4.73. The molecule has 0 aliphatic carbocycles. The third kappa shape index (κ3) is 2.59. The first-order valence-corrected chi connectivity index (χ1v) is 6.39. The van der Waals surface area contributed by atoms with Crippen molar-refractivity contribution in [2.75, 3.05) is 12.4 Å². The molecular formula is C14H21N5. The summed E-state index contributed by atoms with van der Waals surface area (Å²) >= 11 is 0. The van der Waals surface area contributed by atoms with E-state index >= 15 is 0 Å². The predicted octanol–water partition coefficient (Wildman–Crippen LogP) is 2.52. The Morgan fingerprint density at radius 1 is 1.21 bits per heavy atom. The second-order valence-electron chi connectivity index (χ2n) is 5.77. The maximum Gasteiger partial charge on any atom is 0.136 e. The first kappa shape index (κ1) is 13.5. The molecule has 2 aromatic rings. The number of hydrogen-bond acceptors (Lipinski definition) is 4. The van der Waals surface area contributed by atoms with Crippen molar-refractivity contribution in [3.63, 3.8) is 0 Å². The highest BCUT2D eigenvalue weighted by Crippen LogP contribution is 2.29. The van der Waals surface area contributed by atoms with Gasteiger partial charge in [0.1, 0.15) is 11.6 Å². The Morgan fingerprint density at radius 2 is 1.89 bits per heavy atom. The quantitative estimate of drug-likeness (QED) is 0.900. The van der Waals surface area contributed by atoms with Crippen LogP contribution in [0.1, 0.15) is 32.2 Å². The fourth-order valence-electron chi connectivity index (χ4n) is 1.92. The van der Waals surface area contributed by atoms with Gasteiger partial charge in [-0.05, 0) is 6.92 Å². The Morgan fingerprint density at radius 3 is 2.37 bits per heavy atom. The molecule has 0 bridgehead atoms. The van der Waals surface area contributed by atoms with E-state index in [0.717, 1.165) is 28.5 Å². The lowest BCUT2D eigenvalue weighted by Crippen LogP contribution is -2.18. The van der Waals surface area contributed by atoms with Gasteiger partial charge in [-0.3, -0.25) is 4.68 Å². The number of aromatic nitrogens is 4. The molecule has 0 aliphatic heterocycles. The van der Waals surface area contributed by atoms with Gasteiger partial charge in [0.2, 0.25) is 0 Å². The molecule has 1 N–H and O–H groups in total. The van der Waals surface area contributed by atoms with Crippen LogP contribution in [0.2, 0.25) is 0 Å². The van der Waals surface area contributed by atoms with Gasteiger partial charge in [-0.2, -0.15) is 5.10 Å². The fourth-order valence-corrected chi connectivity index (χ4v) is 1.92. The second-order valence-corrected chi connectivity index (χ2v) is 5.77. The van der Waals surface area contributed by atoms with Crippen LogP contribution in [0.15, 0.2) is 12.4 Å². The van der Waals surface area contributed by atoms with Crippen LogP contribution in [0.25, 0.3) is 11.3 Å². The Bertz CT molecular complexity index is 592. The first-order valence-electron chi connectivity index (χ1n) is 6.39. The van der Waals surface area contributed by atoms with E-state index in [1.165, 1.54) is 0 Å². The van der Waals surface area contributed by atoms with Gasteiger partial charge in [-0.15, -0.1) is 0 Å². The highest BCUT2D eigenvalue weighted by molar-refractivity contribution is 5.67. The molecule has 0 aromatic carbocycles. The molecule has 0 saturated heterocycles. The zero-order valence-corrected chi connectivity index (χ0v) is 12.4. The van der Waals surface area contributed by atoms with Crippen molar-refractivity contribution in [3.8, 4) is 11.3 Å². The summed E-state index contributed by atoms with van der Waals surface area (Å²) < 4.78 is 1.78. The summed E-state index contributed by atoms with van der Waals surface area (Å²) in [5.41, 5.74) is 2.92. The molecule has 0 amide bonds. The van der Waals surface area contributed by atoms with Gasteiger partial charge in [0, 0.05) is 36.8 Å². The average Bonchev–Trinajstić information content (AvgIpc) is 2.74. The van der Waals surface area contributed by atoms with Gasteiger partial charge >= 0.3 is 0 Å². The first-order chi connectivity index (χ1) is 8.82. The lowest BCUT2D eigenvalue weighted by molar-refractivity contribution is 0.546. The molecule has 0 fully saturated rings. The van der Waals surface area contributed by atoms with Crippen molar-refractivity contribution in [1.29, 1.82) is 0 Å². The van der Waals surface area contributed by atoms with Crippen molar-refractivity contribution in [2.45, 2.75) is 33.1 Å². The molecule has 2 aromatic heterocycles. The molecule has 19 heavy (non-hydrogen) atoms. The van der Waals surface area contributed by atoms with Crippen LogP contribution in [0.5, 0.6) is 0 Å². The van der Waals surface area contributed by atoms with Gasteiger partial charge < -0.3 is 5.32 Å². The number of anilines is 1. The van der Waals surface area contributed by atoms with Crippen LogP contribution in [0.3, 0.4) is 0 Å². The summed E-state index contributed by atoms with van der Waals surface area (Å²) in [4.78, 5) is 9.34. The van der Waals surface area contributed by atoms with Gasteiger partial charge in [0.15, 0.2) is 0 Å². The maximum atomic E-state index is 4.73. The number of rotatable bonds is 2. The Hall–Kier alpha value is -1.91. The number of nitrogens with zero attached hydrogens (tertiary/aromatic N) is 4. The Labute approximate surface area is 114 Å². The number of nitrogens with one attached hydrogen (secondary N) is 1. The van der Waals surface area contributed by atoms with E-state index in [0.29, 0.717) is 0 Å². The third-order valence-corrected chi connectivity index (χ3v) is 3.03. The van der Waals surface area contributed by atoms with Crippen LogP contribution in [-0.4, -0.2) is 26.8 Å². The largest absolute Gasteiger partial charge is 0.373 e. The summed E-state index contributed by atoms with van der Waals surface area (Å²) in [6, 6.07) is 0. The highest BCUT2D eigenvalue weighted by atomic mass is 15.2. The van der Waals surface area contributed by atoms with E-state index in [9.17, 15) is 0 Å². The summed E-state index contributed by atoms with van der Waals surface area (Å²) in [6.07, 6.45) is 3.81. The summed E-state index contributed by atoms with van der Waals surface area (Å²) in [6.45, 7) is 8.37. The van der Waals surface area contributed by atoms with E-state index < -0.39 is 0 Å².